The molecule has 0 aliphatic carbocycles. The SMILES string of the molecule is CCc1c(F)ccc2cc(O)cc(-c3ncc4c(N5CCC(c6ccc(=O)[nH]n6)C5)nc(OC[C@@]56CCCN5C[C@H](F)C6)nc4c3F)c12. The maximum atomic E-state index is 16.9. The topological polar surface area (TPSA) is 120 Å². The largest absolute Gasteiger partial charge is 0.508 e. The molecule has 13 heteroatoms. The monoisotopic (exact) mass is 657 g/mol. The first kappa shape index (κ1) is 30.5. The number of alkyl halides is 1. The van der Waals surface area contributed by atoms with Gasteiger partial charge in [0, 0.05) is 49.8 Å². The van der Waals surface area contributed by atoms with Crippen LogP contribution in [0.5, 0.6) is 11.8 Å². The second-order valence-electron chi connectivity index (χ2n) is 13.1. The van der Waals surface area contributed by atoms with E-state index in [9.17, 15) is 18.7 Å². The predicted octanol–water partition coefficient (Wildman–Crippen LogP) is 5.42. The number of pyridine rings is 1. The van der Waals surface area contributed by atoms with Gasteiger partial charge in [0.2, 0.25) is 0 Å². The zero-order chi connectivity index (χ0) is 33.2. The van der Waals surface area contributed by atoms with E-state index in [0.717, 1.165) is 25.1 Å². The molecule has 3 atom stereocenters. The van der Waals surface area contributed by atoms with Crippen LogP contribution < -0.4 is 15.2 Å². The summed E-state index contributed by atoms with van der Waals surface area (Å²) in [6, 6.07) is 8.90. The first-order chi connectivity index (χ1) is 23.2. The normalized spacial score (nSPS) is 22.6. The summed E-state index contributed by atoms with van der Waals surface area (Å²) in [5.41, 5.74) is 0.489. The quantitative estimate of drug-likeness (QED) is 0.236. The zero-order valence-electron chi connectivity index (χ0n) is 26.3. The standard InChI is InChI=1S/C35H34F3N7O3/c1-2-23-26(37)5-4-19-12-22(46)13-24(29(19)23)31-30(38)32-25(15-39-31)33(44-11-8-20(16-44)27-6-7-28(47)43-42-27)41-34(40-32)48-18-35-9-3-10-45(35)17-21(36)14-35/h4-7,12-13,15,20-21,46H,2-3,8-11,14,16-18H2,1H3,(H,43,47)/t20?,21-,35+/m1/s1. The number of hydrogen-bond donors (Lipinski definition) is 2. The lowest BCUT2D eigenvalue weighted by molar-refractivity contribution is 0.107. The van der Waals surface area contributed by atoms with Crippen molar-refractivity contribution in [2.75, 3.05) is 37.7 Å². The van der Waals surface area contributed by atoms with Crippen molar-refractivity contribution >= 4 is 27.5 Å². The molecule has 0 radical (unpaired) electrons. The molecule has 0 saturated carbocycles. The Balaban J connectivity index is 1.25. The minimum atomic E-state index is -0.939. The number of nitrogens with zero attached hydrogens (tertiary/aromatic N) is 6. The lowest BCUT2D eigenvalue weighted by Gasteiger charge is -2.31. The van der Waals surface area contributed by atoms with Crippen LogP contribution in [0.1, 0.15) is 49.8 Å². The second-order valence-corrected chi connectivity index (χ2v) is 13.1. The van der Waals surface area contributed by atoms with Gasteiger partial charge in [0.15, 0.2) is 5.82 Å². The number of phenolic OH excluding ortho intramolecular Hbond substituents is 1. The Kier molecular flexibility index (Phi) is 7.46. The molecule has 6 heterocycles. The number of fused-ring (bicyclic) bond motifs is 3. The molecular weight excluding hydrogens is 623 g/mol. The first-order valence-electron chi connectivity index (χ1n) is 16.4. The molecule has 2 N–H and O–H groups in total. The highest BCUT2D eigenvalue weighted by Crippen LogP contribution is 2.42. The fraction of sp³-hybridized carbons (Fsp3) is 0.400. The number of H-pyrrole nitrogens is 1. The van der Waals surface area contributed by atoms with Crippen molar-refractivity contribution < 1.29 is 23.0 Å². The van der Waals surface area contributed by atoms with Crippen molar-refractivity contribution in [1.82, 2.24) is 30.0 Å². The van der Waals surface area contributed by atoms with E-state index in [-0.39, 0.29) is 46.6 Å². The van der Waals surface area contributed by atoms with Gasteiger partial charge in [0.05, 0.1) is 16.6 Å². The predicted molar refractivity (Wildman–Crippen MR) is 174 cm³/mol. The Morgan fingerprint density at radius 1 is 1.12 bits per heavy atom. The third-order valence-electron chi connectivity index (χ3n) is 10.2. The maximum Gasteiger partial charge on any atom is 0.319 e. The van der Waals surface area contributed by atoms with Crippen LogP contribution in [0.15, 0.2) is 47.4 Å². The summed E-state index contributed by atoms with van der Waals surface area (Å²) in [6.07, 6.45) is 3.71. The molecule has 48 heavy (non-hydrogen) atoms. The van der Waals surface area contributed by atoms with Crippen LogP contribution in [0.25, 0.3) is 32.9 Å². The summed E-state index contributed by atoms with van der Waals surface area (Å²) in [4.78, 5) is 29.6. The lowest BCUT2D eigenvalue weighted by atomic mass is 9.94. The van der Waals surface area contributed by atoms with Gasteiger partial charge in [0.1, 0.15) is 41.4 Å². The number of benzene rings is 2. The maximum absolute atomic E-state index is 16.9. The van der Waals surface area contributed by atoms with E-state index in [0.29, 0.717) is 66.4 Å². The lowest BCUT2D eigenvalue weighted by Crippen LogP contribution is -2.43. The minimum Gasteiger partial charge on any atom is -0.508 e. The van der Waals surface area contributed by atoms with Crippen LogP contribution in [0.2, 0.25) is 0 Å². The Morgan fingerprint density at radius 3 is 2.81 bits per heavy atom. The number of aromatic amines is 1. The van der Waals surface area contributed by atoms with Crippen LogP contribution in [-0.2, 0) is 6.42 Å². The van der Waals surface area contributed by atoms with Gasteiger partial charge in [-0.15, -0.1) is 0 Å². The number of aromatic nitrogens is 5. The molecule has 2 aromatic carbocycles. The molecule has 1 unspecified atom stereocenters. The van der Waals surface area contributed by atoms with Gasteiger partial charge in [-0.05, 0) is 72.8 Å². The Bertz CT molecular complexity index is 2110. The summed E-state index contributed by atoms with van der Waals surface area (Å²) >= 11 is 0. The van der Waals surface area contributed by atoms with Crippen molar-refractivity contribution in [2.45, 2.75) is 56.7 Å². The summed E-state index contributed by atoms with van der Waals surface area (Å²) in [6.45, 7) is 4.20. The van der Waals surface area contributed by atoms with Gasteiger partial charge in [-0.25, -0.2) is 18.3 Å². The number of rotatable bonds is 7. The second kappa shape index (κ2) is 11.7. The molecular formula is C35H34F3N7O3. The highest BCUT2D eigenvalue weighted by Gasteiger charge is 2.49. The van der Waals surface area contributed by atoms with E-state index in [2.05, 4.69) is 25.1 Å². The molecule has 0 bridgehead atoms. The van der Waals surface area contributed by atoms with Crippen molar-refractivity contribution in [1.29, 1.82) is 0 Å². The number of anilines is 1. The van der Waals surface area contributed by atoms with Crippen LogP contribution in [0, 0.1) is 11.6 Å². The molecule has 3 aromatic heterocycles. The third kappa shape index (κ3) is 5.11. The highest BCUT2D eigenvalue weighted by molar-refractivity contribution is 6.01. The van der Waals surface area contributed by atoms with Crippen molar-refractivity contribution in [2.24, 2.45) is 0 Å². The zero-order valence-corrected chi connectivity index (χ0v) is 26.3. The van der Waals surface area contributed by atoms with Gasteiger partial charge < -0.3 is 14.7 Å². The van der Waals surface area contributed by atoms with Gasteiger partial charge in [-0.2, -0.15) is 15.1 Å². The number of aryl methyl sites for hydroxylation is 1. The molecule has 3 saturated heterocycles. The average molecular weight is 658 g/mol. The molecule has 3 aliphatic heterocycles. The van der Waals surface area contributed by atoms with Crippen molar-refractivity contribution in [3.05, 3.63) is 75.8 Å². The van der Waals surface area contributed by atoms with Crippen LogP contribution in [0.4, 0.5) is 19.0 Å². The molecule has 5 aromatic rings. The van der Waals surface area contributed by atoms with Gasteiger partial charge in [-0.1, -0.05) is 13.0 Å². The van der Waals surface area contributed by atoms with Crippen molar-refractivity contribution in [3.8, 4) is 23.0 Å². The summed E-state index contributed by atoms with van der Waals surface area (Å²) in [5, 5.41) is 18.7. The Morgan fingerprint density at radius 2 is 2.00 bits per heavy atom. The van der Waals surface area contributed by atoms with Crippen LogP contribution in [0.3, 0.4) is 0 Å². The molecule has 248 valence electrons. The summed E-state index contributed by atoms with van der Waals surface area (Å²) in [5.74, 6) is -0.886. The number of aromatic hydroxyl groups is 1. The highest BCUT2D eigenvalue weighted by atomic mass is 19.1. The van der Waals surface area contributed by atoms with E-state index in [1.54, 1.807) is 12.1 Å². The van der Waals surface area contributed by atoms with Crippen molar-refractivity contribution in [3.63, 3.8) is 0 Å². The number of hydrogen-bond acceptors (Lipinski definition) is 9. The molecule has 8 rings (SSSR count). The summed E-state index contributed by atoms with van der Waals surface area (Å²) in [7, 11) is 0. The van der Waals surface area contributed by atoms with Gasteiger partial charge in [-0.3, -0.25) is 14.7 Å². The van der Waals surface area contributed by atoms with Gasteiger partial charge in [0.25, 0.3) is 5.56 Å². The van der Waals surface area contributed by atoms with E-state index in [1.165, 1.54) is 30.5 Å². The molecule has 10 nitrogen and oxygen atoms in total. The summed E-state index contributed by atoms with van der Waals surface area (Å²) < 4.78 is 52.6. The smallest absolute Gasteiger partial charge is 0.319 e. The number of nitrogens with one attached hydrogen (secondary N) is 1. The minimum absolute atomic E-state index is 0.0137. The molecule has 3 aliphatic rings. The fourth-order valence-electron chi connectivity index (χ4n) is 7.97. The Hall–Kier alpha value is -4.78. The number of phenols is 1. The van der Waals surface area contributed by atoms with E-state index >= 15 is 4.39 Å². The van der Waals surface area contributed by atoms with E-state index in [1.807, 2.05) is 11.8 Å². The average Bonchev–Trinajstić information content (AvgIpc) is 3.79. The van der Waals surface area contributed by atoms with Gasteiger partial charge >= 0.3 is 6.01 Å². The van der Waals surface area contributed by atoms with E-state index in [4.69, 9.17) is 9.72 Å². The number of ether oxygens (including phenoxy) is 1. The number of halogens is 3. The first-order valence-corrected chi connectivity index (χ1v) is 16.4. The molecule has 3 fully saturated rings. The third-order valence-corrected chi connectivity index (χ3v) is 10.2. The van der Waals surface area contributed by atoms with Crippen LogP contribution in [-0.4, -0.2) is 79.7 Å². The van der Waals surface area contributed by atoms with E-state index < -0.39 is 23.3 Å². The molecule has 0 spiro atoms. The molecule has 0 amide bonds. The van der Waals surface area contributed by atoms with Crippen LogP contribution >= 0.6 is 0 Å². The fourth-order valence-corrected chi connectivity index (χ4v) is 7.97. The Labute approximate surface area is 273 Å².